The number of nitrogens with one attached hydrogen (secondary N) is 3. The first-order chi connectivity index (χ1) is 9.22. The molecule has 0 atom stereocenters. The van der Waals surface area contributed by atoms with Gasteiger partial charge in [0, 0.05) is 25.6 Å². The van der Waals surface area contributed by atoms with Crippen LogP contribution in [-0.2, 0) is 4.79 Å². The highest BCUT2D eigenvalue weighted by Crippen LogP contribution is 2.17. The maximum atomic E-state index is 11.7. The number of carbonyl (C=O) groups excluding carboxylic acids is 2. The first-order valence-corrected chi connectivity index (χ1v) is 7.53. The molecule has 0 aromatic rings. The second kappa shape index (κ2) is 9.64. The molecule has 0 bridgehead atoms. The molecule has 5 nitrogen and oxygen atoms in total. The molecule has 0 saturated heterocycles. The van der Waals surface area contributed by atoms with Crippen LogP contribution in [0.5, 0.6) is 0 Å². The summed E-state index contributed by atoms with van der Waals surface area (Å²) in [5.74, 6) is 0.114. The summed E-state index contributed by atoms with van der Waals surface area (Å²) in [6, 6.07) is 0.233. The lowest BCUT2D eigenvalue weighted by molar-refractivity contribution is -0.122. The Morgan fingerprint density at radius 1 is 1.05 bits per heavy atom. The van der Waals surface area contributed by atoms with Gasteiger partial charge in [-0.3, -0.25) is 4.79 Å². The van der Waals surface area contributed by atoms with Crippen LogP contribution in [0.15, 0.2) is 0 Å². The molecule has 0 unspecified atom stereocenters. The fraction of sp³-hybridized carbons (Fsp3) is 0.857. The van der Waals surface area contributed by atoms with Crippen molar-refractivity contribution >= 4 is 11.9 Å². The van der Waals surface area contributed by atoms with Gasteiger partial charge < -0.3 is 16.0 Å². The SMILES string of the molecule is CCCNC(=O)NCCCC(=O)NC1CCCCC1. The standard InChI is InChI=1S/C14H27N3O2/c1-2-10-15-14(19)16-11-6-9-13(18)17-12-7-4-3-5-8-12/h12H,2-11H2,1H3,(H,17,18)(H2,15,16,19). The third kappa shape index (κ3) is 7.70. The van der Waals surface area contributed by atoms with E-state index in [1.165, 1.54) is 19.3 Å². The van der Waals surface area contributed by atoms with Crippen LogP contribution in [0.25, 0.3) is 0 Å². The minimum atomic E-state index is -0.144. The third-order valence-corrected chi connectivity index (χ3v) is 3.37. The summed E-state index contributed by atoms with van der Waals surface area (Å²) >= 11 is 0. The average molecular weight is 269 g/mol. The number of carbonyl (C=O) groups is 2. The van der Waals surface area contributed by atoms with Gasteiger partial charge in [0.05, 0.1) is 0 Å². The van der Waals surface area contributed by atoms with Crippen LogP contribution in [0.2, 0.25) is 0 Å². The summed E-state index contributed by atoms with van der Waals surface area (Å²) in [7, 11) is 0. The van der Waals surface area contributed by atoms with Gasteiger partial charge in [0.1, 0.15) is 0 Å². The van der Waals surface area contributed by atoms with E-state index in [-0.39, 0.29) is 11.9 Å². The van der Waals surface area contributed by atoms with Gasteiger partial charge in [-0.2, -0.15) is 0 Å². The molecule has 3 amide bonds. The van der Waals surface area contributed by atoms with Crippen molar-refractivity contribution in [2.75, 3.05) is 13.1 Å². The maximum Gasteiger partial charge on any atom is 0.314 e. The molecule has 1 saturated carbocycles. The fourth-order valence-electron chi connectivity index (χ4n) is 2.30. The van der Waals surface area contributed by atoms with E-state index in [4.69, 9.17) is 0 Å². The summed E-state index contributed by atoms with van der Waals surface area (Å²) < 4.78 is 0. The summed E-state index contributed by atoms with van der Waals surface area (Å²) in [6.07, 6.45) is 8.09. The molecule has 0 aliphatic heterocycles. The smallest absolute Gasteiger partial charge is 0.314 e. The average Bonchev–Trinajstić information content (AvgIpc) is 2.42. The van der Waals surface area contributed by atoms with Gasteiger partial charge in [-0.05, 0) is 25.7 Å². The summed E-state index contributed by atoms with van der Waals surface area (Å²) in [6.45, 7) is 3.25. The molecule has 1 rings (SSSR count). The second-order valence-corrected chi connectivity index (χ2v) is 5.19. The quantitative estimate of drug-likeness (QED) is 0.618. The van der Waals surface area contributed by atoms with E-state index in [9.17, 15) is 9.59 Å². The fourth-order valence-corrected chi connectivity index (χ4v) is 2.30. The summed E-state index contributed by atoms with van der Waals surface area (Å²) in [5.41, 5.74) is 0. The lowest BCUT2D eigenvalue weighted by Gasteiger charge is -2.22. The highest BCUT2D eigenvalue weighted by atomic mass is 16.2. The van der Waals surface area contributed by atoms with Gasteiger partial charge in [-0.25, -0.2) is 4.79 Å². The number of urea groups is 1. The zero-order chi connectivity index (χ0) is 13.9. The monoisotopic (exact) mass is 269 g/mol. The van der Waals surface area contributed by atoms with Crippen LogP contribution in [0, 0.1) is 0 Å². The molecular weight excluding hydrogens is 242 g/mol. The largest absolute Gasteiger partial charge is 0.353 e. The Kier molecular flexibility index (Phi) is 8.02. The van der Waals surface area contributed by atoms with E-state index >= 15 is 0 Å². The molecule has 19 heavy (non-hydrogen) atoms. The van der Waals surface area contributed by atoms with E-state index in [2.05, 4.69) is 16.0 Å². The molecule has 110 valence electrons. The lowest BCUT2D eigenvalue weighted by Crippen LogP contribution is -2.38. The van der Waals surface area contributed by atoms with Gasteiger partial charge >= 0.3 is 6.03 Å². The molecule has 1 fully saturated rings. The zero-order valence-electron chi connectivity index (χ0n) is 12.0. The van der Waals surface area contributed by atoms with Gasteiger partial charge in [-0.15, -0.1) is 0 Å². The molecular formula is C14H27N3O2. The topological polar surface area (TPSA) is 70.2 Å². The molecule has 1 aliphatic carbocycles. The lowest BCUT2D eigenvalue weighted by atomic mass is 9.95. The molecule has 5 heteroatoms. The van der Waals surface area contributed by atoms with E-state index in [1.54, 1.807) is 0 Å². The number of rotatable bonds is 7. The molecule has 3 N–H and O–H groups in total. The summed E-state index contributed by atoms with van der Waals surface area (Å²) in [5, 5.41) is 8.56. The normalized spacial score (nSPS) is 15.8. The minimum Gasteiger partial charge on any atom is -0.353 e. The first kappa shape index (κ1) is 15.8. The van der Waals surface area contributed by atoms with Crippen LogP contribution in [-0.4, -0.2) is 31.1 Å². The molecule has 0 radical (unpaired) electrons. The minimum absolute atomic E-state index is 0.114. The van der Waals surface area contributed by atoms with Crippen molar-refractivity contribution in [1.82, 2.24) is 16.0 Å². The number of hydrogen-bond acceptors (Lipinski definition) is 2. The van der Waals surface area contributed by atoms with Gasteiger partial charge in [-0.1, -0.05) is 26.2 Å². The molecule has 1 aliphatic rings. The van der Waals surface area contributed by atoms with Crippen molar-refractivity contribution in [1.29, 1.82) is 0 Å². The number of hydrogen-bond donors (Lipinski definition) is 3. The van der Waals surface area contributed by atoms with E-state index < -0.39 is 0 Å². The Morgan fingerprint density at radius 2 is 1.74 bits per heavy atom. The molecule has 0 heterocycles. The van der Waals surface area contributed by atoms with Crippen LogP contribution in [0.1, 0.15) is 58.3 Å². The third-order valence-electron chi connectivity index (χ3n) is 3.37. The van der Waals surface area contributed by atoms with E-state index in [0.717, 1.165) is 19.3 Å². The Labute approximate surface area is 115 Å². The van der Waals surface area contributed by atoms with Crippen LogP contribution < -0.4 is 16.0 Å². The predicted octanol–water partition coefficient (Wildman–Crippen LogP) is 1.92. The van der Waals surface area contributed by atoms with Crippen molar-refractivity contribution in [3.63, 3.8) is 0 Å². The predicted molar refractivity (Wildman–Crippen MR) is 75.9 cm³/mol. The van der Waals surface area contributed by atoms with E-state index in [0.29, 0.717) is 32.0 Å². The van der Waals surface area contributed by atoms with Crippen molar-refractivity contribution in [2.45, 2.75) is 64.3 Å². The second-order valence-electron chi connectivity index (χ2n) is 5.19. The molecule has 0 aromatic carbocycles. The van der Waals surface area contributed by atoms with E-state index in [1.807, 2.05) is 6.92 Å². The van der Waals surface area contributed by atoms with Gasteiger partial charge in [0.15, 0.2) is 0 Å². The Hall–Kier alpha value is -1.26. The van der Waals surface area contributed by atoms with Crippen molar-refractivity contribution in [3.05, 3.63) is 0 Å². The van der Waals surface area contributed by atoms with Crippen LogP contribution >= 0.6 is 0 Å². The molecule has 0 aromatic heterocycles. The molecule has 0 spiro atoms. The number of amides is 3. The van der Waals surface area contributed by atoms with Gasteiger partial charge in [0.2, 0.25) is 5.91 Å². The Balaban J connectivity index is 1.99. The van der Waals surface area contributed by atoms with Crippen LogP contribution in [0.3, 0.4) is 0 Å². The van der Waals surface area contributed by atoms with Crippen LogP contribution in [0.4, 0.5) is 4.79 Å². The Morgan fingerprint density at radius 3 is 2.42 bits per heavy atom. The van der Waals surface area contributed by atoms with Crippen molar-refractivity contribution < 1.29 is 9.59 Å². The maximum absolute atomic E-state index is 11.7. The Bertz CT molecular complexity index is 276. The summed E-state index contributed by atoms with van der Waals surface area (Å²) in [4.78, 5) is 22.9. The van der Waals surface area contributed by atoms with Gasteiger partial charge in [0.25, 0.3) is 0 Å². The highest BCUT2D eigenvalue weighted by molar-refractivity contribution is 5.76. The first-order valence-electron chi connectivity index (χ1n) is 7.53. The zero-order valence-corrected chi connectivity index (χ0v) is 12.0. The van der Waals surface area contributed by atoms with Crippen molar-refractivity contribution in [3.8, 4) is 0 Å². The van der Waals surface area contributed by atoms with Crippen molar-refractivity contribution in [2.24, 2.45) is 0 Å². The highest BCUT2D eigenvalue weighted by Gasteiger charge is 2.15.